The Labute approximate surface area is 839 Å². The van der Waals surface area contributed by atoms with Crippen molar-refractivity contribution < 1.29 is 28.8 Å². The third-order valence-corrected chi connectivity index (χ3v) is 60.0. The Morgan fingerprint density at radius 2 is 0.459 bits per heavy atom. The summed E-state index contributed by atoms with van der Waals surface area (Å²) in [6, 6.07) is 22.7. The van der Waals surface area contributed by atoms with Crippen LogP contribution in [0.25, 0.3) is 78.0 Å². The van der Waals surface area contributed by atoms with E-state index in [1.807, 2.05) is 68.0 Å². The summed E-state index contributed by atoms with van der Waals surface area (Å²) in [5, 5.41) is 9.37. The molecule has 2 atom stereocenters. The smallest absolute Gasteiger partial charge is 0.263 e. The average Bonchev–Trinajstić information content (AvgIpc) is 1.53. The van der Waals surface area contributed by atoms with Crippen LogP contribution in [0.4, 0.5) is 0 Å². The van der Waals surface area contributed by atoms with Gasteiger partial charge in [0.1, 0.15) is 24.2 Å². The molecule has 6 amide bonds. The molecule has 15 heterocycles. The van der Waals surface area contributed by atoms with Gasteiger partial charge in [0, 0.05) is 83.0 Å². The molecule has 0 spiro atoms. The summed E-state index contributed by atoms with van der Waals surface area (Å²) in [6.45, 7) is 31.3. The van der Waals surface area contributed by atoms with Crippen LogP contribution in [0.15, 0.2) is 36.4 Å². The zero-order valence-electron chi connectivity index (χ0n) is 83.5. The first-order chi connectivity index (χ1) is 64.8. The molecule has 0 saturated carbocycles. The molecule has 133 heavy (non-hydrogen) atoms. The van der Waals surface area contributed by atoms with Gasteiger partial charge in [0.15, 0.2) is 0 Å². The molecule has 0 saturated heterocycles. The van der Waals surface area contributed by atoms with Crippen molar-refractivity contribution >= 4 is 193 Å². The highest BCUT2D eigenvalue weighted by molar-refractivity contribution is 7.37. The monoisotopic (exact) mass is 2010 g/mol. The van der Waals surface area contributed by atoms with E-state index in [9.17, 15) is 4.79 Å². The molecule has 6 aliphatic rings. The Balaban J connectivity index is 0.902. The molecular formula is C112H157N3O6S9Si3. The molecule has 0 N–H and O–H groups in total. The van der Waals surface area contributed by atoms with Gasteiger partial charge in [-0.2, -0.15) is 0 Å². The molecule has 0 fully saturated rings. The number of unbranched alkanes of at least 4 members (excludes halogenated alkanes) is 33. The van der Waals surface area contributed by atoms with Crippen LogP contribution >= 0.6 is 102 Å². The molecule has 722 valence electrons. The summed E-state index contributed by atoms with van der Waals surface area (Å²) in [6.07, 6.45) is 53.1. The minimum absolute atomic E-state index is 0.102. The lowest BCUT2D eigenvalue weighted by molar-refractivity contribution is 0.0636. The van der Waals surface area contributed by atoms with Crippen molar-refractivity contribution in [2.45, 2.75) is 422 Å². The first kappa shape index (κ1) is 103. The van der Waals surface area contributed by atoms with Gasteiger partial charge >= 0.3 is 0 Å². The molecule has 9 nitrogen and oxygen atoms in total. The van der Waals surface area contributed by atoms with Crippen LogP contribution in [0.2, 0.25) is 36.3 Å². The minimum atomic E-state index is -2.73. The summed E-state index contributed by atoms with van der Waals surface area (Å²) in [7, 11) is -7.65. The van der Waals surface area contributed by atoms with Crippen LogP contribution in [0, 0.1) is 25.7 Å². The number of thiophene rings is 9. The van der Waals surface area contributed by atoms with Crippen molar-refractivity contribution in [3.63, 3.8) is 0 Å². The third-order valence-electron chi connectivity index (χ3n) is 31.4. The third kappa shape index (κ3) is 20.9. The molecular weight excluding hydrogens is 1860 g/mol. The predicted molar refractivity (Wildman–Crippen MR) is 592 cm³/mol. The number of aryl methyl sites for hydroxylation is 2. The zero-order chi connectivity index (χ0) is 93.7. The van der Waals surface area contributed by atoms with Crippen LogP contribution in [0.1, 0.15) is 443 Å². The van der Waals surface area contributed by atoms with E-state index in [1.54, 1.807) is 59.1 Å². The summed E-state index contributed by atoms with van der Waals surface area (Å²) in [5.74, 6) is 0.312. The van der Waals surface area contributed by atoms with Gasteiger partial charge in [0.05, 0.1) is 57.8 Å². The van der Waals surface area contributed by atoms with Crippen molar-refractivity contribution in [2.24, 2.45) is 11.8 Å². The zero-order valence-corrected chi connectivity index (χ0v) is 93.8. The number of hydrogen-bond acceptors (Lipinski definition) is 15. The molecule has 21 heteroatoms. The van der Waals surface area contributed by atoms with Gasteiger partial charge in [-0.25, -0.2) is 0 Å². The van der Waals surface area contributed by atoms with Crippen LogP contribution in [0.5, 0.6) is 0 Å². The molecule has 2 unspecified atom stereocenters. The molecule has 0 aliphatic carbocycles. The number of amides is 6. The van der Waals surface area contributed by atoms with E-state index in [1.165, 1.54) is 258 Å². The van der Waals surface area contributed by atoms with Crippen molar-refractivity contribution in [1.29, 1.82) is 0 Å². The van der Waals surface area contributed by atoms with Gasteiger partial charge in [0.2, 0.25) is 0 Å². The van der Waals surface area contributed by atoms with Crippen molar-refractivity contribution in [2.75, 3.05) is 19.6 Å². The van der Waals surface area contributed by atoms with E-state index in [0.29, 0.717) is 64.9 Å². The maximum atomic E-state index is 16.3. The van der Waals surface area contributed by atoms with Gasteiger partial charge < -0.3 is 0 Å². The van der Waals surface area contributed by atoms with E-state index < -0.39 is 24.2 Å². The average molecular weight is 2010 g/mol. The maximum Gasteiger partial charge on any atom is 0.263 e. The Kier molecular flexibility index (Phi) is 36.9. The molecule has 15 rings (SSSR count). The lowest BCUT2D eigenvalue weighted by Crippen LogP contribution is -2.56. The first-order valence-corrected chi connectivity index (χ1v) is 68.3. The van der Waals surface area contributed by atoms with Gasteiger partial charge in [-0.05, 0) is 149 Å². The number of fused-ring (bicyclic) bond motifs is 12. The summed E-state index contributed by atoms with van der Waals surface area (Å²) in [5.41, 5.74) is 3.73. The Morgan fingerprint density at radius 3 is 0.744 bits per heavy atom. The first-order valence-electron chi connectivity index (χ1n) is 53.8. The molecule has 9 aromatic heterocycles. The van der Waals surface area contributed by atoms with Crippen LogP contribution in [0.3, 0.4) is 0 Å². The van der Waals surface area contributed by atoms with Crippen molar-refractivity contribution in [3.05, 3.63) is 79.5 Å². The lowest BCUT2D eigenvalue weighted by Gasteiger charge is -2.35. The van der Waals surface area contributed by atoms with Crippen molar-refractivity contribution in [3.8, 4) is 78.0 Å². The summed E-state index contributed by atoms with van der Waals surface area (Å²) in [4.78, 5) is 120. The van der Waals surface area contributed by atoms with E-state index in [-0.39, 0.29) is 35.4 Å². The summed E-state index contributed by atoms with van der Waals surface area (Å²) < 4.78 is 0. The van der Waals surface area contributed by atoms with Crippen LogP contribution < -0.4 is 31.1 Å². The van der Waals surface area contributed by atoms with Gasteiger partial charge in [0.25, 0.3) is 35.4 Å². The normalized spacial score (nSPS) is 16.4. The Morgan fingerprint density at radius 1 is 0.233 bits per heavy atom. The SMILES string of the molecule is CCCCCCCCN1C(=O)c2c(C)sc(-c3cc4c(s3)-c3sc(-c5sc(-c6cc7c(s6)-c6sc(-c8sc(-c9cc%10c(s9)-c9sc(C)cc9[Si]%10(CCCCCC)CCCCCC)c9c8C(=O)N(CCCCCCCC)C9=O)cc6[Si]7(CCCCCCCC)CCCCCCCC)c6c5C(=O)N(CCCCCCCC)C6=O)cc3[Si]4(CC(CC)CCCC)CC(CC)CCCC)c2C1=O. The standard InChI is InChI=1S/C112H157N3O6S9Si3/c1-14-25-34-41-46-51-60-113-107(116)90-76(13)123-96(91(90)108(113)117)79-71-88-105(124-79)106-89(133(88,73-77(23-10)58-32-21-8)74-78(24-11)59-33-22-9)72-83(128-106)100-95-94(111(120)115(112(95)121)62-53-48-43-36-27-16-3)99(130-100)82-70-87-104(127-82)103-86(132(87,65-56-49-44-37-28-17-4)66-57-50-45-38-29-18-5)69-81(126-103)98-93-92(109(118)114(110(93)119)61-52-47-42-35-26-15-2)97(129-98)80-68-85-102(125-80)101-84(67-75(12)122-101)131(85,63-54-39-30-19-6)64-55-40-31-20-7/h67-72,77-78H,14-66,73-74H2,1-13H3. The fourth-order valence-electron chi connectivity index (χ4n) is 23.9. The van der Waals surface area contributed by atoms with Gasteiger partial charge in [-0.15, -0.1) is 102 Å². The maximum absolute atomic E-state index is 16.3. The largest absolute Gasteiger partial charge is 0.274 e. The molecule has 9 aromatic rings. The van der Waals surface area contributed by atoms with Gasteiger partial charge in [-0.3, -0.25) is 43.5 Å². The number of nitrogens with zero attached hydrogens (tertiary/aromatic N) is 3. The number of imide groups is 3. The molecule has 0 radical (unpaired) electrons. The minimum Gasteiger partial charge on any atom is -0.274 e. The van der Waals surface area contributed by atoms with Crippen LogP contribution in [-0.2, 0) is 0 Å². The van der Waals surface area contributed by atoms with E-state index in [4.69, 9.17) is 0 Å². The Hall–Kier alpha value is -4.63. The van der Waals surface area contributed by atoms with Crippen molar-refractivity contribution in [1.82, 2.24) is 14.7 Å². The second kappa shape index (κ2) is 47.8. The number of hydrogen-bond donors (Lipinski definition) is 0. The van der Waals surface area contributed by atoms with E-state index >= 15 is 24.0 Å². The predicted octanol–water partition coefficient (Wildman–Crippen LogP) is 34.0. The number of carbonyl (C=O) groups excluding carboxylic acids is 6. The fourth-order valence-corrected chi connectivity index (χ4v) is 57.3. The summed E-state index contributed by atoms with van der Waals surface area (Å²) >= 11 is 16.6. The second-order valence-corrected chi connectivity index (χ2v) is 63.2. The quantitative estimate of drug-likeness (QED) is 0.0213. The van der Waals surface area contributed by atoms with Crippen LogP contribution in [-0.4, -0.2) is 94.0 Å². The highest BCUT2D eigenvalue weighted by atomic mass is 32.1. The fraction of sp³-hybridized carbons (Fsp3) is 0.625. The molecule has 0 aromatic carbocycles. The highest BCUT2D eigenvalue weighted by Crippen LogP contribution is 2.59. The lowest BCUT2D eigenvalue weighted by atomic mass is 10.0. The highest BCUT2D eigenvalue weighted by Gasteiger charge is 2.55. The second-order valence-electron chi connectivity index (χ2n) is 40.9. The van der Waals surface area contributed by atoms with E-state index in [0.717, 1.165) is 182 Å². The molecule has 6 aliphatic heterocycles. The number of carbonyl (C=O) groups is 6. The topological polar surface area (TPSA) is 112 Å². The molecule has 0 bridgehead atoms. The van der Waals surface area contributed by atoms with E-state index in [2.05, 4.69) is 126 Å². The van der Waals surface area contributed by atoms with Gasteiger partial charge in [-0.1, -0.05) is 352 Å². The Bertz CT molecular complexity index is 5460. The number of rotatable bonds is 62.